The van der Waals surface area contributed by atoms with Crippen molar-refractivity contribution in [3.63, 3.8) is 0 Å². The predicted octanol–water partition coefficient (Wildman–Crippen LogP) is 4.66. The summed E-state index contributed by atoms with van der Waals surface area (Å²) in [5.41, 5.74) is 1.59. The highest BCUT2D eigenvalue weighted by Gasteiger charge is 2.14. The Balaban J connectivity index is 2.11. The Morgan fingerprint density at radius 2 is 1.70 bits per heavy atom. The third kappa shape index (κ3) is 4.97. The van der Waals surface area contributed by atoms with E-state index >= 15 is 0 Å². The number of benzene rings is 2. The van der Waals surface area contributed by atoms with Crippen molar-refractivity contribution < 1.29 is 19.0 Å². The molecule has 0 heterocycles. The minimum atomic E-state index is -0.315. The Morgan fingerprint density at radius 1 is 1.09 bits per heavy atom. The van der Waals surface area contributed by atoms with E-state index in [0.29, 0.717) is 18.8 Å². The number of ether oxygens (including phenoxy) is 3. The van der Waals surface area contributed by atoms with E-state index in [1.54, 1.807) is 26.2 Å². The molecule has 4 nitrogen and oxygen atoms in total. The van der Waals surface area contributed by atoms with Crippen LogP contribution < -0.4 is 9.47 Å². The molecular weight excluding hydrogens is 522 g/mol. The van der Waals surface area contributed by atoms with Crippen molar-refractivity contribution in [1.82, 2.24) is 0 Å². The van der Waals surface area contributed by atoms with Crippen molar-refractivity contribution in [2.75, 3.05) is 13.7 Å². The number of halogens is 2. The highest BCUT2D eigenvalue weighted by Crippen LogP contribution is 2.30. The van der Waals surface area contributed by atoms with E-state index in [-0.39, 0.29) is 5.97 Å². The van der Waals surface area contributed by atoms with E-state index < -0.39 is 0 Å². The zero-order chi connectivity index (χ0) is 16.8. The van der Waals surface area contributed by atoms with Gasteiger partial charge in [-0.25, -0.2) is 4.79 Å². The lowest BCUT2D eigenvalue weighted by Crippen LogP contribution is -2.07. The van der Waals surface area contributed by atoms with Crippen LogP contribution >= 0.6 is 45.2 Å². The first kappa shape index (κ1) is 18.3. The predicted molar refractivity (Wildman–Crippen MR) is 105 cm³/mol. The number of rotatable bonds is 6. The van der Waals surface area contributed by atoms with Gasteiger partial charge in [0, 0.05) is 0 Å². The zero-order valence-electron chi connectivity index (χ0n) is 12.8. The second kappa shape index (κ2) is 8.72. The average Bonchev–Trinajstić information content (AvgIpc) is 2.54. The van der Waals surface area contributed by atoms with Crippen molar-refractivity contribution in [3.05, 3.63) is 54.7 Å². The zero-order valence-corrected chi connectivity index (χ0v) is 17.1. The van der Waals surface area contributed by atoms with Crippen LogP contribution in [0.2, 0.25) is 0 Å². The third-order valence-corrected chi connectivity index (χ3v) is 4.65. The molecule has 0 amide bonds. The summed E-state index contributed by atoms with van der Waals surface area (Å²) < 4.78 is 17.8. The monoisotopic (exact) mass is 538 g/mol. The van der Waals surface area contributed by atoms with Gasteiger partial charge in [0.25, 0.3) is 0 Å². The molecule has 0 aromatic heterocycles. The topological polar surface area (TPSA) is 44.8 Å². The quantitative estimate of drug-likeness (QED) is 0.397. The molecule has 0 bridgehead atoms. The average molecular weight is 538 g/mol. The fraction of sp³-hybridized carbons (Fsp3) is 0.235. The minimum absolute atomic E-state index is 0.315. The lowest BCUT2D eigenvalue weighted by Gasteiger charge is -2.12. The van der Waals surface area contributed by atoms with E-state index in [0.717, 1.165) is 24.2 Å². The summed E-state index contributed by atoms with van der Waals surface area (Å²) in [5, 5.41) is 0. The Kier molecular flexibility index (Phi) is 6.94. The van der Waals surface area contributed by atoms with Crippen molar-refractivity contribution >= 4 is 51.2 Å². The molecule has 0 aliphatic carbocycles. The Labute approximate surface area is 162 Å². The van der Waals surface area contributed by atoms with Crippen molar-refractivity contribution in [1.29, 1.82) is 0 Å². The summed E-state index contributed by atoms with van der Waals surface area (Å²) in [6.45, 7) is 2.61. The minimum Gasteiger partial charge on any atom is -0.497 e. The van der Waals surface area contributed by atoms with Crippen LogP contribution in [-0.2, 0) is 11.3 Å². The van der Waals surface area contributed by atoms with Crippen molar-refractivity contribution in [3.8, 4) is 11.5 Å². The molecular formula is C17H16I2O4. The molecule has 2 rings (SSSR count). The first-order valence-electron chi connectivity index (χ1n) is 6.97. The molecule has 0 N–H and O–H groups in total. The van der Waals surface area contributed by atoms with Gasteiger partial charge in [-0.05, 0) is 81.9 Å². The molecule has 0 aliphatic rings. The van der Waals surface area contributed by atoms with Gasteiger partial charge >= 0.3 is 5.97 Å². The molecule has 2 aromatic carbocycles. The van der Waals surface area contributed by atoms with Crippen LogP contribution in [0.5, 0.6) is 11.5 Å². The molecule has 0 saturated heterocycles. The highest BCUT2D eigenvalue weighted by atomic mass is 127. The van der Waals surface area contributed by atoms with Gasteiger partial charge in [0.05, 0.1) is 26.4 Å². The van der Waals surface area contributed by atoms with Gasteiger partial charge in [-0.1, -0.05) is 12.1 Å². The molecule has 0 aliphatic heterocycles. The molecule has 0 spiro atoms. The maximum absolute atomic E-state index is 11.8. The van der Waals surface area contributed by atoms with Crippen LogP contribution in [0.4, 0.5) is 0 Å². The molecule has 0 radical (unpaired) electrons. The molecule has 2 aromatic rings. The van der Waals surface area contributed by atoms with Crippen LogP contribution in [0.25, 0.3) is 0 Å². The van der Waals surface area contributed by atoms with Crippen LogP contribution in [-0.4, -0.2) is 19.7 Å². The summed E-state index contributed by atoms with van der Waals surface area (Å²) in [6, 6.07) is 11.3. The highest BCUT2D eigenvalue weighted by molar-refractivity contribution is 14.1. The lowest BCUT2D eigenvalue weighted by atomic mass is 10.2. The van der Waals surface area contributed by atoms with E-state index in [1.807, 2.05) is 24.3 Å². The van der Waals surface area contributed by atoms with E-state index in [4.69, 9.17) is 14.2 Å². The number of hydrogen-bond donors (Lipinski definition) is 0. The smallest absolute Gasteiger partial charge is 0.338 e. The van der Waals surface area contributed by atoms with Crippen molar-refractivity contribution in [2.45, 2.75) is 13.5 Å². The van der Waals surface area contributed by atoms with Gasteiger partial charge in [0.15, 0.2) is 0 Å². The fourth-order valence-electron chi connectivity index (χ4n) is 1.91. The third-order valence-electron chi connectivity index (χ3n) is 3.05. The standard InChI is InChI=1S/C17H16I2O4/c1-3-22-17(20)12-8-14(18)16(15(19)9-12)23-10-11-4-6-13(21-2)7-5-11/h4-9H,3,10H2,1-2H3. The lowest BCUT2D eigenvalue weighted by molar-refractivity contribution is 0.0526. The summed E-state index contributed by atoms with van der Waals surface area (Å²) in [4.78, 5) is 11.8. The Hall–Kier alpha value is -1.03. The number of carbonyl (C=O) groups is 1. The van der Waals surface area contributed by atoms with Crippen LogP contribution in [0.1, 0.15) is 22.8 Å². The molecule has 0 unspecified atom stereocenters. The number of carbonyl (C=O) groups excluding carboxylic acids is 1. The summed E-state index contributed by atoms with van der Waals surface area (Å²) >= 11 is 4.34. The van der Waals surface area contributed by atoms with Crippen LogP contribution in [0, 0.1) is 7.14 Å². The number of esters is 1. The normalized spacial score (nSPS) is 10.3. The van der Waals surface area contributed by atoms with Gasteiger partial charge in [-0.3, -0.25) is 0 Å². The summed E-state index contributed by atoms with van der Waals surface area (Å²) in [7, 11) is 1.64. The first-order valence-corrected chi connectivity index (χ1v) is 9.12. The first-order chi connectivity index (χ1) is 11.0. The second-order valence-corrected chi connectivity index (χ2v) is 6.95. The van der Waals surface area contributed by atoms with E-state index in [2.05, 4.69) is 45.2 Å². The van der Waals surface area contributed by atoms with Gasteiger partial charge in [0.1, 0.15) is 18.1 Å². The van der Waals surface area contributed by atoms with Crippen molar-refractivity contribution in [2.24, 2.45) is 0 Å². The molecule has 23 heavy (non-hydrogen) atoms. The summed E-state index contributed by atoms with van der Waals surface area (Å²) in [5.74, 6) is 1.27. The molecule has 6 heteroatoms. The van der Waals surface area contributed by atoms with E-state index in [1.165, 1.54) is 0 Å². The van der Waals surface area contributed by atoms with E-state index in [9.17, 15) is 4.79 Å². The summed E-state index contributed by atoms with van der Waals surface area (Å²) in [6.07, 6.45) is 0. The largest absolute Gasteiger partial charge is 0.497 e. The molecule has 0 saturated carbocycles. The SMILES string of the molecule is CCOC(=O)c1cc(I)c(OCc2ccc(OC)cc2)c(I)c1. The van der Waals surface area contributed by atoms with Gasteiger partial charge < -0.3 is 14.2 Å². The van der Waals surface area contributed by atoms with Gasteiger partial charge in [-0.15, -0.1) is 0 Å². The van der Waals surface area contributed by atoms with Crippen LogP contribution in [0.3, 0.4) is 0 Å². The Morgan fingerprint density at radius 3 is 2.22 bits per heavy atom. The number of hydrogen-bond acceptors (Lipinski definition) is 4. The van der Waals surface area contributed by atoms with Gasteiger partial charge in [-0.2, -0.15) is 0 Å². The molecule has 122 valence electrons. The maximum Gasteiger partial charge on any atom is 0.338 e. The molecule has 0 atom stereocenters. The Bertz CT molecular complexity index is 660. The maximum atomic E-state index is 11.8. The van der Waals surface area contributed by atoms with Gasteiger partial charge in [0.2, 0.25) is 0 Å². The number of methoxy groups -OCH3 is 1. The van der Waals surface area contributed by atoms with Crippen LogP contribution in [0.15, 0.2) is 36.4 Å². The second-order valence-electron chi connectivity index (χ2n) is 4.63. The molecule has 0 fully saturated rings. The fourth-order valence-corrected chi connectivity index (χ4v) is 3.99.